The Kier molecular flexibility index (Phi) is 6.68. The minimum absolute atomic E-state index is 0.0552. The van der Waals surface area contributed by atoms with Gasteiger partial charge in [-0.25, -0.2) is 4.98 Å². The zero-order valence-electron chi connectivity index (χ0n) is 16.0. The number of H-pyrrole nitrogens is 1. The molecule has 0 aliphatic carbocycles. The third kappa shape index (κ3) is 5.25. The first-order valence-electron chi connectivity index (χ1n) is 9.09. The summed E-state index contributed by atoms with van der Waals surface area (Å²) in [5.74, 6) is 0.196. The number of ether oxygens (including phenoxy) is 1. The van der Waals surface area contributed by atoms with E-state index in [1.54, 1.807) is 49.6 Å². The molecule has 1 aromatic heterocycles. The molecule has 2 aromatic carbocycles. The number of benzene rings is 2. The summed E-state index contributed by atoms with van der Waals surface area (Å²) in [5, 5.41) is 12.4. The summed E-state index contributed by atoms with van der Waals surface area (Å²) >= 11 is 0. The molecule has 1 heterocycles. The topological polar surface area (TPSA) is 111 Å². The number of anilines is 1. The molecule has 2 N–H and O–H groups in total. The first-order chi connectivity index (χ1) is 14.1. The molecular formula is C21H21N5O3. The summed E-state index contributed by atoms with van der Waals surface area (Å²) in [5.41, 5.74) is 1.24. The summed E-state index contributed by atoms with van der Waals surface area (Å²) in [6.07, 6.45) is 0. The highest BCUT2D eigenvalue weighted by Gasteiger charge is 2.15. The van der Waals surface area contributed by atoms with Crippen LogP contribution in [0.25, 0.3) is 10.9 Å². The third-order valence-electron chi connectivity index (χ3n) is 4.34. The van der Waals surface area contributed by atoms with E-state index in [4.69, 9.17) is 10.00 Å². The maximum absolute atomic E-state index is 12.5. The number of nitrogens with one attached hydrogen (secondary N) is 2. The lowest BCUT2D eigenvalue weighted by Crippen LogP contribution is -2.36. The van der Waals surface area contributed by atoms with E-state index in [-0.39, 0.29) is 24.6 Å². The van der Waals surface area contributed by atoms with Gasteiger partial charge in [0.05, 0.1) is 41.9 Å². The quantitative estimate of drug-likeness (QED) is 0.607. The molecule has 0 fully saturated rings. The summed E-state index contributed by atoms with van der Waals surface area (Å²) in [7, 11) is 1.58. The SMILES string of the molecule is COCCN(CC(=O)Nc1ccccc1C#N)Cc1nc2ccccc2c(=O)[nH]1. The van der Waals surface area contributed by atoms with Gasteiger partial charge in [-0.05, 0) is 24.3 Å². The average molecular weight is 391 g/mol. The Balaban J connectivity index is 1.75. The first kappa shape index (κ1) is 20.2. The summed E-state index contributed by atoms with van der Waals surface area (Å²) in [6.45, 7) is 1.22. The lowest BCUT2D eigenvalue weighted by Gasteiger charge is -2.21. The molecule has 8 nitrogen and oxygen atoms in total. The number of nitriles is 1. The van der Waals surface area contributed by atoms with Crippen LogP contribution in [0.4, 0.5) is 5.69 Å². The summed E-state index contributed by atoms with van der Waals surface area (Å²) in [4.78, 5) is 33.9. The van der Waals surface area contributed by atoms with Crippen molar-refractivity contribution < 1.29 is 9.53 Å². The van der Waals surface area contributed by atoms with E-state index in [2.05, 4.69) is 21.4 Å². The lowest BCUT2D eigenvalue weighted by atomic mass is 10.2. The highest BCUT2D eigenvalue weighted by atomic mass is 16.5. The average Bonchev–Trinajstić information content (AvgIpc) is 2.72. The Morgan fingerprint density at radius 2 is 2.00 bits per heavy atom. The maximum atomic E-state index is 12.5. The molecule has 0 atom stereocenters. The number of hydrogen-bond acceptors (Lipinski definition) is 6. The molecule has 0 bridgehead atoms. The van der Waals surface area contributed by atoms with Crippen molar-refractivity contribution >= 4 is 22.5 Å². The molecule has 0 saturated carbocycles. The smallest absolute Gasteiger partial charge is 0.258 e. The van der Waals surface area contributed by atoms with Crippen molar-refractivity contribution in [2.24, 2.45) is 0 Å². The number of amides is 1. The van der Waals surface area contributed by atoms with Crippen LogP contribution in [0.1, 0.15) is 11.4 Å². The normalized spacial score (nSPS) is 10.8. The number of methoxy groups -OCH3 is 1. The molecule has 0 aliphatic rings. The summed E-state index contributed by atoms with van der Waals surface area (Å²) < 4.78 is 5.13. The highest BCUT2D eigenvalue weighted by Crippen LogP contribution is 2.13. The van der Waals surface area contributed by atoms with Crippen LogP contribution < -0.4 is 10.9 Å². The largest absolute Gasteiger partial charge is 0.383 e. The molecule has 1 amide bonds. The Labute approximate surface area is 167 Å². The Morgan fingerprint density at radius 3 is 2.79 bits per heavy atom. The van der Waals surface area contributed by atoms with E-state index in [1.807, 2.05) is 11.0 Å². The van der Waals surface area contributed by atoms with Crippen LogP contribution in [-0.2, 0) is 16.1 Å². The molecule has 0 radical (unpaired) electrons. The molecule has 148 valence electrons. The standard InChI is InChI=1S/C21H21N5O3/c1-29-11-10-26(14-20(27)24-17-8-4-2-6-15(17)12-22)13-19-23-18-9-5-3-7-16(18)21(28)25-19/h2-9H,10-11,13-14H2,1H3,(H,24,27)(H,23,25,28). The van der Waals surface area contributed by atoms with Crippen LogP contribution in [0.3, 0.4) is 0 Å². The van der Waals surface area contributed by atoms with Gasteiger partial charge in [-0.2, -0.15) is 5.26 Å². The fraction of sp³-hybridized carbons (Fsp3) is 0.238. The zero-order valence-corrected chi connectivity index (χ0v) is 16.0. The number of fused-ring (bicyclic) bond motifs is 1. The van der Waals surface area contributed by atoms with Crippen LogP contribution in [0.2, 0.25) is 0 Å². The van der Waals surface area contributed by atoms with Crippen molar-refractivity contribution in [1.29, 1.82) is 5.26 Å². The number of aromatic nitrogens is 2. The summed E-state index contributed by atoms with van der Waals surface area (Å²) in [6, 6.07) is 16.0. The molecule has 29 heavy (non-hydrogen) atoms. The van der Waals surface area contributed by atoms with Crippen molar-refractivity contribution in [3.05, 3.63) is 70.3 Å². The molecular weight excluding hydrogens is 370 g/mol. The highest BCUT2D eigenvalue weighted by molar-refractivity contribution is 5.93. The van der Waals surface area contributed by atoms with Crippen LogP contribution in [-0.4, -0.2) is 47.6 Å². The van der Waals surface area contributed by atoms with Crippen molar-refractivity contribution in [2.75, 3.05) is 32.1 Å². The van der Waals surface area contributed by atoms with E-state index in [1.165, 1.54) is 0 Å². The van der Waals surface area contributed by atoms with Crippen molar-refractivity contribution in [3.63, 3.8) is 0 Å². The van der Waals surface area contributed by atoms with Gasteiger partial charge in [-0.1, -0.05) is 24.3 Å². The number of rotatable bonds is 8. The maximum Gasteiger partial charge on any atom is 0.258 e. The second kappa shape index (κ2) is 9.59. The Morgan fingerprint density at radius 1 is 1.24 bits per heavy atom. The Hall–Kier alpha value is -3.54. The second-order valence-electron chi connectivity index (χ2n) is 6.44. The van der Waals surface area contributed by atoms with Crippen molar-refractivity contribution in [2.45, 2.75) is 6.54 Å². The number of carbonyl (C=O) groups excluding carboxylic acids is 1. The first-order valence-corrected chi connectivity index (χ1v) is 9.09. The number of para-hydroxylation sites is 2. The minimum atomic E-state index is -0.271. The van der Waals surface area contributed by atoms with Crippen LogP contribution in [0.15, 0.2) is 53.3 Å². The fourth-order valence-corrected chi connectivity index (χ4v) is 2.94. The van der Waals surface area contributed by atoms with Gasteiger partial charge in [-0.3, -0.25) is 14.5 Å². The van der Waals surface area contributed by atoms with Crippen molar-refractivity contribution in [3.8, 4) is 6.07 Å². The van der Waals surface area contributed by atoms with Crippen molar-refractivity contribution in [1.82, 2.24) is 14.9 Å². The van der Waals surface area contributed by atoms with Gasteiger partial charge < -0.3 is 15.0 Å². The van der Waals surface area contributed by atoms with Gasteiger partial charge in [0.1, 0.15) is 11.9 Å². The second-order valence-corrected chi connectivity index (χ2v) is 6.44. The van der Waals surface area contributed by atoms with Gasteiger partial charge in [0.25, 0.3) is 5.56 Å². The van der Waals surface area contributed by atoms with E-state index in [0.29, 0.717) is 41.1 Å². The molecule has 0 spiro atoms. The molecule has 0 unspecified atom stereocenters. The molecule has 0 aliphatic heterocycles. The van der Waals surface area contributed by atoms with Gasteiger partial charge in [0.15, 0.2) is 0 Å². The molecule has 3 rings (SSSR count). The van der Waals surface area contributed by atoms with Gasteiger partial charge in [0.2, 0.25) is 5.91 Å². The number of aromatic amines is 1. The number of nitrogens with zero attached hydrogens (tertiary/aromatic N) is 3. The minimum Gasteiger partial charge on any atom is -0.383 e. The molecule has 8 heteroatoms. The van der Waals surface area contributed by atoms with Gasteiger partial charge >= 0.3 is 0 Å². The number of hydrogen-bond donors (Lipinski definition) is 2. The van der Waals surface area contributed by atoms with E-state index in [0.717, 1.165) is 0 Å². The Bertz CT molecular complexity index is 1100. The van der Waals surface area contributed by atoms with E-state index < -0.39 is 0 Å². The molecule has 0 saturated heterocycles. The number of carbonyl (C=O) groups is 1. The van der Waals surface area contributed by atoms with Gasteiger partial charge in [-0.15, -0.1) is 0 Å². The third-order valence-corrected chi connectivity index (χ3v) is 4.34. The molecule has 3 aromatic rings. The van der Waals surface area contributed by atoms with Crippen LogP contribution >= 0.6 is 0 Å². The van der Waals surface area contributed by atoms with Crippen LogP contribution in [0.5, 0.6) is 0 Å². The monoisotopic (exact) mass is 391 g/mol. The lowest BCUT2D eigenvalue weighted by molar-refractivity contribution is -0.117. The van der Waals surface area contributed by atoms with Crippen LogP contribution in [0, 0.1) is 11.3 Å². The van der Waals surface area contributed by atoms with E-state index in [9.17, 15) is 9.59 Å². The predicted molar refractivity (Wildman–Crippen MR) is 109 cm³/mol. The van der Waals surface area contributed by atoms with E-state index >= 15 is 0 Å². The van der Waals surface area contributed by atoms with Gasteiger partial charge in [0, 0.05) is 13.7 Å². The zero-order chi connectivity index (χ0) is 20.6. The fourth-order valence-electron chi connectivity index (χ4n) is 2.94. The predicted octanol–water partition coefficient (Wildman–Crippen LogP) is 1.88.